The third kappa shape index (κ3) is 6.43. The Balaban J connectivity index is 1.75. The van der Waals surface area contributed by atoms with E-state index in [1.54, 1.807) is 54.8 Å². The minimum absolute atomic E-state index is 0.0594. The van der Waals surface area contributed by atoms with E-state index in [0.29, 0.717) is 36.8 Å². The molecule has 3 amide bonds. The lowest BCUT2D eigenvalue weighted by Gasteiger charge is -2.35. The van der Waals surface area contributed by atoms with Crippen molar-refractivity contribution in [1.29, 1.82) is 0 Å². The predicted octanol–water partition coefficient (Wildman–Crippen LogP) is 2.54. The molecule has 8 heteroatoms. The number of benzene rings is 1. The highest BCUT2D eigenvalue weighted by molar-refractivity contribution is 6.33. The largest absolute Gasteiger partial charge is 0.444 e. The standard InChI is InChI=1S/C19H26ClN3O4/c1-19(2,3)27-18(26)21-9-8-16(24)22-10-12-23(13-11-22)17(25)14-6-4-5-7-15(14)20/h4-7H,8-13H2,1-3H3,(H,21,26). The van der Waals surface area contributed by atoms with E-state index >= 15 is 0 Å². The summed E-state index contributed by atoms with van der Waals surface area (Å²) in [6.45, 7) is 7.38. The van der Waals surface area contributed by atoms with Crippen LogP contribution >= 0.6 is 11.6 Å². The Morgan fingerprint density at radius 1 is 1.07 bits per heavy atom. The Bertz CT molecular complexity index is 694. The van der Waals surface area contributed by atoms with Crippen LogP contribution in [0.2, 0.25) is 5.02 Å². The number of ether oxygens (including phenoxy) is 1. The van der Waals surface area contributed by atoms with Crippen molar-refractivity contribution >= 4 is 29.5 Å². The topological polar surface area (TPSA) is 79.0 Å². The van der Waals surface area contributed by atoms with E-state index in [4.69, 9.17) is 16.3 Å². The maximum absolute atomic E-state index is 12.5. The smallest absolute Gasteiger partial charge is 0.407 e. The Morgan fingerprint density at radius 3 is 2.26 bits per heavy atom. The van der Waals surface area contributed by atoms with Gasteiger partial charge in [-0.05, 0) is 32.9 Å². The second-order valence-electron chi connectivity index (χ2n) is 7.33. The number of rotatable bonds is 4. The SMILES string of the molecule is CC(C)(C)OC(=O)NCCC(=O)N1CCN(C(=O)c2ccccc2Cl)CC1. The third-order valence-corrected chi connectivity index (χ3v) is 4.36. The molecule has 2 rings (SSSR count). The molecule has 0 aromatic heterocycles. The van der Waals surface area contributed by atoms with Crippen LogP contribution in [0.15, 0.2) is 24.3 Å². The summed E-state index contributed by atoms with van der Waals surface area (Å²) in [5.41, 5.74) is -0.0981. The number of piperazine rings is 1. The molecule has 0 aliphatic carbocycles. The van der Waals surface area contributed by atoms with E-state index in [9.17, 15) is 14.4 Å². The molecule has 0 saturated carbocycles. The first-order valence-corrected chi connectivity index (χ1v) is 9.33. The molecule has 1 heterocycles. The molecule has 0 radical (unpaired) electrons. The average molecular weight is 396 g/mol. The lowest BCUT2D eigenvalue weighted by molar-refractivity contribution is -0.132. The third-order valence-electron chi connectivity index (χ3n) is 4.03. The van der Waals surface area contributed by atoms with E-state index in [0.717, 1.165) is 0 Å². The molecule has 1 N–H and O–H groups in total. The van der Waals surface area contributed by atoms with Crippen molar-refractivity contribution in [2.24, 2.45) is 0 Å². The lowest BCUT2D eigenvalue weighted by Crippen LogP contribution is -2.51. The molecule has 1 aliphatic heterocycles. The van der Waals surface area contributed by atoms with E-state index in [1.165, 1.54) is 0 Å². The fraction of sp³-hybridized carbons (Fsp3) is 0.526. The van der Waals surface area contributed by atoms with E-state index in [2.05, 4.69) is 5.32 Å². The van der Waals surface area contributed by atoms with Gasteiger partial charge in [0.05, 0.1) is 10.6 Å². The van der Waals surface area contributed by atoms with Gasteiger partial charge in [0.2, 0.25) is 5.91 Å². The van der Waals surface area contributed by atoms with Gasteiger partial charge in [-0.2, -0.15) is 0 Å². The first-order valence-electron chi connectivity index (χ1n) is 8.96. The minimum Gasteiger partial charge on any atom is -0.444 e. The fourth-order valence-corrected chi connectivity index (χ4v) is 2.92. The average Bonchev–Trinajstić information content (AvgIpc) is 2.60. The molecule has 0 unspecified atom stereocenters. The first-order chi connectivity index (χ1) is 12.7. The van der Waals surface area contributed by atoms with Crippen molar-refractivity contribution in [2.45, 2.75) is 32.8 Å². The van der Waals surface area contributed by atoms with E-state index in [1.807, 2.05) is 0 Å². The van der Waals surface area contributed by atoms with Gasteiger partial charge in [-0.25, -0.2) is 4.79 Å². The molecule has 1 fully saturated rings. The zero-order valence-corrected chi connectivity index (χ0v) is 16.7. The normalized spacial score (nSPS) is 14.7. The molecular weight excluding hydrogens is 370 g/mol. The van der Waals surface area contributed by atoms with Gasteiger partial charge in [0.1, 0.15) is 5.60 Å². The van der Waals surface area contributed by atoms with Gasteiger partial charge in [0, 0.05) is 39.1 Å². The van der Waals surface area contributed by atoms with Crippen LogP contribution < -0.4 is 5.32 Å². The van der Waals surface area contributed by atoms with Crippen molar-refractivity contribution in [3.8, 4) is 0 Å². The summed E-state index contributed by atoms with van der Waals surface area (Å²) in [5, 5.41) is 3.00. The highest BCUT2D eigenvalue weighted by atomic mass is 35.5. The van der Waals surface area contributed by atoms with Gasteiger partial charge in [-0.15, -0.1) is 0 Å². The summed E-state index contributed by atoms with van der Waals surface area (Å²) >= 11 is 6.08. The van der Waals surface area contributed by atoms with Crippen LogP contribution in [0.3, 0.4) is 0 Å². The predicted molar refractivity (Wildman–Crippen MR) is 103 cm³/mol. The van der Waals surface area contributed by atoms with Crippen LogP contribution in [-0.2, 0) is 9.53 Å². The van der Waals surface area contributed by atoms with Crippen LogP contribution in [0.4, 0.5) is 4.79 Å². The number of carbonyl (C=O) groups excluding carboxylic acids is 3. The van der Waals surface area contributed by atoms with E-state index in [-0.39, 0.29) is 24.8 Å². The highest BCUT2D eigenvalue weighted by Gasteiger charge is 2.25. The van der Waals surface area contributed by atoms with Gasteiger partial charge in [0.15, 0.2) is 0 Å². The summed E-state index contributed by atoms with van der Waals surface area (Å²) in [7, 11) is 0. The molecule has 0 atom stereocenters. The molecule has 148 valence electrons. The molecule has 1 aromatic rings. The summed E-state index contributed by atoms with van der Waals surface area (Å²) in [5.74, 6) is -0.185. The van der Waals surface area contributed by atoms with Gasteiger partial charge in [-0.1, -0.05) is 23.7 Å². The Labute approximate surface area is 164 Å². The number of hydrogen-bond donors (Lipinski definition) is 1. The zero-order valence-electron chi connectivity index (χ0n) is 16.0. The van der Waals surface area contributed by atoms with Crippen molar-refractivity contribution in [3.63, 3.8) is 0 Å². The Hall–Kier alpha value is -2.28. The second kappa shape index (κ2) is 9.08. The summed E-state index contributed by atoms with van der Waals surface area (Å²) in [6.07, 6.45) is -0.344. The summed E-state index contributed by atoms with van der Waals surface area (Å²) in [4.78, 5) is 39.8. The molecule has 27 heavy (non-hydrogen) atoms. The summed E-state index contributed by atoms with van der Waals surface area (Å²) < 4.78 is 5.13. The molecule has 1 aromatic carbocycles. The number of nitrogens with zero attached hydrogens (tertiary/aromatic N) is 2. The van der Waals surface area contributed by atoms with Crippen LogP contribution in [0.25, 0.3) is 0 Å². The minimum atomic E-state index is -0.571. The van der Waals surface area contributed by atoms with Crippen LogP contribution in [0.1, 0.15) is 37.6 Å². The number of hydrogen-bond acceptors (Lipinski definition) is 4. The number of alkyl carbamates (subject to hydrolysis) is 1. The van der Waals surface area contributed by atoms with Gasteiger partial charge >= 0.3 is 6.09 Å². The zero-order chi connectivity index (χ0) is 20.0. The first kappa shape index (κ1) is 21.0. The monoisotopic (exact) mass is 395 g/mol. The van der Waals surface area contributed by atoms with Gasteiger partial charge in [0.25, 0.3) is 5.91 Å². The lowest BCUT2D eigenvalue weighted by atomic mass is 10.1. The molecule has 7 nitrogen and oxygen atoms in total. The molecule has 1 saturated heterocycles. The number of nitrogens with one attached hydrogen (secondary N) is 1. The van der Waals surface area contributed by atoms with Gasteiger partial charge in [-0.3, -0.25) is 9.59 Å². The van der Waals surface area contributed by atoms with Crippen LogP contribution in [-0.4, -0.2) is 66.0 Å². The van der Waals surface area contributed by atoms with Crippen LogP contribution in [0.5, 0.6) is 0 Å². The van der Waals surface area contributed by atoms with E-state index < -0.39 is 11.7 Å². The van der Waals surface area contributed by atoms with Crippen molar-refractivity contribution in [3.05, 3.63) is 34.9 Å². The Kier molecular flexibility index (Phi) is 7.07. The maximum atomic E-state index is 12.5. The molecule has 1 aliphatic rings. The number of halogens is 1. The molecule has 0 spiro atoms. The molecule has 0 bridgehead atoms. The quantitative estimate of drug-likeness (QED) is 0.849. The van der Waals surface area contributed by atoms with Crippen molar-refractivity contribution in [2.75, 3.05) is 32.7 Å². The number of carbonyl (C=O) groups is 3. The van der Waals surface area contributed by atoms with Crippen molar-refractivity contribution in [1.82, 2.24) is 15.1 Å². The second-order valence-corrected chi connectivity index (χ2v) is 7.74. The molecular formula is C19H26ClN3O4. The van der Waals surface area contributed by atoms with Crippen LogP contribution in [0, 0.1) is 0 Å². The summed E-state index contributed by atoms with van der Waals surface area (Å²) in [6, 6.07) is 6.94. The number of amides is 3. The fourth-order valence-electron chi connectivity index (χ4n) is 2.71. The maximum Gasteiger partial charge on any atom is 0.407 e. The van der Waals surface area contributed by atoms with Gasteiger partial charge < -0.3 is 19.9 Å². The highest BCUT2D eigenvalue weighted by Crippen LogP contribution is 2.18. The Morgan fingerprint density at radius 2 is 1.67 bits per heavy atom. The van der Waals surface area contributed by atoms with Crippen molar-refractivity contribution < 1.29 is 19.1 Å².